The van der Waals surface area contributed by atoms with Crippen molar-refractivity contribution in [3.8, 4) is 0 Å². The molecule has 4 rings (SSSR count). The number of amides is 1. The van der Waals surface area contributed by atoms with E-state index in [1.54, 1.807) is 6.20 Å². The molecule has 0 aromatic carbocycles. The minimum Gasteiger partial charge on any atom is -0.381 e. The molecule has 0 radical (unpaired) electrons. The summed E-state index contributed by atoms with van der Waals surface area (Å²) in [6.45, 7) is 6.57. The van der Waals surface area contributed by atoms with E-state index in [-0.39, 0.29) is 29.4 Å². The lowest BCUT2D eigenvalue weighted by molar-refractivity contribution is -0.108. The molecule has 1 aromatic heterocycles. The van der Waals surface area contributed by atoms with Crippen molar-refractivity contribution in [2.24, 2.45) is 11.3 Å². The number of H-pyrrole nitrogens is 1. The van der Waals surface area contributed by atoms with Gasteiger partial charge in [-0.05, 0) is 12.8 Å². The van der Waals surface area contributed by atoms with Crippen LogP contribution in [0, 0.1) is 11.3 Å². The number of rotatable bonds is 3. The standard InChI is InChI=1S/C16H23N3O3/c1-16(2)13(10-4-6-22-14(10)16)18-15(20)11-7-17-19-12(11)9-3-5-21-8-9/h7,9-10,13-14H,3-6,8H2,1-2H3,(H,17,19)(H,18,20)/t9-,10+,13-,14-/m1/s1. The third kappa shape index (κ3) is 2.01. The highest BCUT2D eigenvalue weighted by atomic mass is 16.5. The Hall–Kier alpha value is -1.40. The topological polar surface area (TPSA) is 76.2 Å². The first-order chi connectivity index (χ1) is 10.6. The average Bonchev–Trinajstić information content (AvgIpc) is 3.22. The van der Waals surface area contributed by atoms with Crippen molar-refractivity contribution in [3.63, 3.8) is 0 Å². The minimum absolute atomic E-state index is 0.00278. The molecule has 6 heteroatoms. The number of nitrogens with zero attached hydrogens (tertiary/aromatic N) is 1. The second kappa shape index (κ2) is 5.06. The van der Waals surface area contributed by atoms with Crippen LogP contribution in [0.4, 0.5) is 0 Å². The number of carbonyl (C=O) groups excluding carboxylic acids is 1. The summed E-state index contributed by atoms with van der Waals surface area (Å²) in [4.78, 5) is 12.7. The van der Waals surface area contributed by atoms with Crippen molar-refractivity contribution < 1.29 is 14.3 Å². The quantitative estimate of drug-likeness (QED) is 0.886. The van der Waals surface area contributed by atoms with E-state index in [1.165, 1.54) is 0 Å². The molecule has 6 nitrogen and oxygen atoms in total. The zero-order valence-corrected chi connectivity index (χ0v) is 13.1. The van der Waals surface area contributed by atoms with Gasteiger partial charge in [0, 0.05) is 36.5 Å². The van der Waals surface area contributed by atoms with Crippen molar-refractivity contribution in [1.82, 2.24) is 15.5 Å². The lowest BCUT2D eigenvalue weighted by Crippen LogP contribution is -2.66. The van der Waals surface area contributed by atoms with Crippen LogP contribution < -0.4 is 5.32 Å². The molecule has 1 aromatic rings. The second-order valence-corrected chi connectivity index (χ2v) is 7.27. The maximum absolute atomic E-state index is 12.7. The largest absolute Gasteiger partial charge is 0.381 e. The number of hydrogen-bond acceptors (Lipinski definition) is 4. The number of aromatic amines is 1. The van der Waals surface area contributed by atoms with Gasteiger partial charge in [-0.25, -0.2) is 0 Å². The highest BCUT2D eigenvalue weighted by molar-refractivity contribution is 5.95. The number of aromatic nitrogens is 2. The number of ether oxygens (including phenoxy) is 2. The normalized spacial score (nSPS) is 35.9. The van der Waals surface area contributed by atoms with Crippen LogP contribution in [-0.4, -0.2) is 48.1 Å². The molecular formula is C16H23N3O3. The fourth-order valence-electron chi connectivity index (χ4n) is 4.39. The maximum Gasteiger partial charge on any atom is 0.255 e. The van der Waals surface area contributed by atoms with Gasteiger partial charge in [-0.3, -0.25) is 9.89 Å². The molecule has 1 saturated carbocycles. The van der Waals surface area contributed by atoms with Crippen molar-refractivity contribution >= 4 is 5.91 Å². The Morgan fingerprint density at radius 2 is 2.27 bits per heavy atom. The van der Waals surface area contributed by atoms with E-state index in [2.05, 4.69) is 29.4 Å². The molecule has 3 heterocycles. The first kappa shape index (κ1) is 14.2. The minimum atomic E-state index is -0.0286. The molecule has 0 unspecified atom stereocenters. The van der Waals surface area contributed by atoms with Gasteiger partial charge >= 0.3 is 0 Å². The molecule has 3 fully saturated rings. The van der Waals surface area contributed by atoms with Crippen molar-refractivity contribution in [3.05, 3.63) is 17.5 Å². The molecule has 0 spiro atoms. The summed E-state index contributed by atoms with van der Waals surface area (Å²) in [6.07, 6.45) is 3.89. The summed E-state index contributed by atoms with van der Waals surface area (Å²) in [5.74, 6) is 0.670. The zero-order valence-electron chi connectivity index (χ0n) is 13.1. The highest BCUT2D eigenvalue weighted by Gasteiger charge is 2.59. The van der Waals surface area contributed by atoms with Crippen LogP contribution >= 0.6 is 0 Å². The Kier molecular flexibility index (Phi) is 3.27. The van der Waals surface area contributed by atoms with Gasteiger partial charge in [0.15, 0.2) is 0 Å². The molecule has 3 aliphatic rings. The van der Waals surface area contributed by atoms with Crippen LogP contribution in [0.1, 0.15) is 48.7 Å². The van der Waals surface area contributed by atoms with Gasteiger partial charge < -0.3 is 14.8 Å². The van der Waals surface area contributed by atoms with Gasteiger partial charge in [-0.2, -0.15) is 5.10 Å². The molecule has 120 valence electrons. The van der Waals surface area contributed by atoms with Crippen LogP contribution in [0.5, 0.6) is 0 Å². The van der Waals surface area contributed by atoms with Crippen LogP contribution in [0.15, 0.2) is 6.20 Å². The van der Waals surface area contributed by atoms with Gasteiger partial charge in [0.2, 0.25) is 0 Å². The molecule has 22 heavy (non-hydrogen) atoms. The number of fused-ring (bicyclic) bond motifs is 1. The first-order valence-electron chi connectivity index (χ1n) is 8.12. The smallest absolute Gasteiger partial charge is 0.255 e. The predicted octanol–water partition coefficient (Wildman–Crippen LogP) is 1.46. The summed E-state index contributed by atoms with van der Waals surface area (Å²) in [7, 11) is 0. The predicted molar refractivity (Wildman–Crippen MR) is 79.6 cm³/mol. The molecule has 2 saturated heterocycles. The first-order valence-corrected chi connectivity index (χ1v) is 8.12. The lowest BCUT2D eigenvalue weighted by atomic mass is 9.57. The Labute approximate surface area is 129 Å². The van der Waals surface area contributed by atoms with E-state index in [9.17, 15) is 4.79 Å². The van der Waals surface area contributed by atoms with Crippen LogP contribution in [-0.2, 0) is 9.47 Å². The third-order valence-electron chi connectivity index (χ3n) is 5.64. The van der Waals surface area contributed by atoms with Crippen molar-refractivity contribution in [2.45, 2.75) is 44.8 Å². The van der Waals surface area contributed by atoms with Crippen LogP contribution in [0.25, 0.3) is 0 Å². The summed E-state index contributed by atoms with van der Waals surface area (Å²) in [6, 6.07) is 0.176. The van der Waals surface area contributed by atoms with E-state index in [0.717, 1.165) is 31.7 Å². The highest BCUT2D eigenvalue weighted by Crippen LogP contribution is 2.52. The molecule has 2 aliphatic heterocycles. The molecule has 0 bridgehead atoms. The van der Waals surface area contributed by atoms with E-state index < -0.39 is 0 Å². The summed E-state index contributed by atoms with van der Waals surface area (Å²) >= 11 is 0. The Morgan fingerprint density at radius 3 is 3.05 bits per heavy atom. The Morgan fingerprint density at radius 1 is 1.41 bits per heavy atom. The zero-order chi connectivity index (χ0) is 15.3. The summed E-state index contributed by atoms with van der Waals surface area (Å²) in [5, 5.41) is 10.3. The van der Waals surface area contributed by atoms with Crippen LogP contribution in [0.2, 0.25) is 0 Å². The summed E-state index contributed by atoms with van der Waals surface area (Å²) < 4.78 is 11.2. The molecule has 1 aliphatic carbocycles. The molecule has 1 amide bonds. The van der Waals surface area contributed by atoms with Gasteiger partial charge in [-0.1, -0.05) is 13.8 Å². The Bertz CT molecular complexity index is 577. The van der Waals surface area contributed by atoms with Crippen molar-refractivity contribution in [1.29, 1.82) is 0 Å². The van der Waals surface area contributed by atoms with E-state index in [0.29, 0.717) is 18.1 Å². The molecule has 4 atom stereocenters. The Balaban J connectivity index is 1.50. The number of nitrogens with one attached hydrogen (secondary N) is 2. The van der Waals surface area contributed by atoms with Gasteiger partial charge in [-0.15, -0.1) is 0 Å². The third-order valence-corrected chi connectivity index (χ3v) is 5.64. The van der Waals surface area contributed by atoms with E-state index in [1.807, 2.05) is 0 Å². The maximum atomic E-state index is 12.7. The molecular weight excluding hydrogens is 282 g/mol. The van der Waals surface area contributed by atoms with Crippen LogP contribution in [0.3, 0.4) is 0 Å². The van der Waals surface area contributed by atoms with Gasteiger partial charge in [0.25, 0.3) is 5.91 Å². The van der Waals surface area contributed by atoms with Gasteiger partial charge in [0.05, 0.1) is 30.2 Å². The lowest BCUT2D eigenvalue weighted by Gasteiger charge is -2.54. The van der Waals surface area contributed by atoms with E-state index in [4.69, 9.17) is 9.47 Å². The fourth-order valence-corrected chi connectivity index (χ4v) is 4.39. The monoisotopic (exact) mass is 305 g/mol. The summed E-state index contributed by atoms with van der Waals surface area (Å²) in [5.41, 5.74) is 1.57. The van der Waals surface area contributed by atoms with Crippen molar-refractivity contribution in [2.75, 3.05) is 19.8 Å². The SMILES string of the molecule is CC1(C)[C@H](NC(=O)c2cn[nH]c2[C@@H]2CCOC2)[C@@H]2CCO[C@H]21. The molecule has 2 N–H and O–H groups in total. The number of carbonyl (C=O) groups is 1. The van der Waals surface area contributed by atoms with Gasteiger partial charge in [0.1, 0.15) is 0 Å². The fraction of sp³-hybridized carbons (Fsp3) is 0.750. The number of hydrogen-bond donors (Lipinski definition) is 2. The second-order valence-electron chi connectivity index (χ2n) is 7.27. The average molecular weight is 305 g/mol. The van der Waals surface area contributed by atoms with E-state index >= 15 is 0 Å².